The third-order valence-electron chi connectivity index (χ3n) is 3.36. The van der Waals surface area contributed by atoms with Crippen molar-refractivity contribution in [2.75, 3.05) is 5.32 Å². The number of thiazole rings is 1. The average molecular weight is 404 g/mol. The van der Waals surface area contributed by atoms with Crippen molar-refractivity contribution in [3.63, 3.8) is 0 Å². The molecule has 4 rings (SSSR count). The third-order valence-corrected chi connectivity index (χ3v) is 6.29. The van der Waals surface area contributed by atoms with Gasteiger partial charge in [-0.05, 0) is 23.6 Å². The summed E-state index contributed by atoms with van der Waals surface area (Å²) in [4.78, 5) is 23.3. The number of hydrogen-bond donors (Lipinski definition) is 2. The second kappa shape index (κ2) is 6.98. The van der Waals surface area contributed by atoms with Crippen LogP contribution >= 0.6 is 34.4 Å². The molecule has 0 saturated heterocycles. The first kappa shape index (κ1) is 16.9. The number of aromatic nitrogens is 3. The van der Waals surface area contributed by atoms with Crippen LogP contribution in [0.5, 0.6) is 0 Å². The second-order valence-electron chi connectivity index (χ2n) is 4.98. The number of carboxylic acids is 1. The van der Waals surface area contributed by atoms with E-state index in [1.807, 2.05) is 17.5 Å². The lowest BCUT2D eigenvalue weighted by atomic mass is 10.3. The summed E-state index contributed by atoms with van der Waals surface area (Å²) in [5, 5.41) is 15.7. The zero-order valence-electron chi connectivity index (χ0n) is 12.8. The van der Waals surface area contributed by atoms with Gasteiger partial charge in [-0.25, -0.2) is 24.1 Å². The van der Waals surface area contributed by atoms with Gasteiger partial charge in [0.05, 0.1) is 15.3 Å². The van der Waals surface area contributed by atoms with Crippen molar-refractivity contribution in [1.82, 2.24) is 15.0 Å². The number of hydrogen-bond acceptors (Lipinski definition) is 8. The first-order valence-corrected chi connectivity index (χ1v) is 9.74. The summed E-state index contributed by atoms with van der Waals surface area (Å²) < 4.78 is 16.0. The van der Waals surface area contributed by atoms with Gasteiger partial charge in [-0.1, -0.05) is 23.1 Å². The van der Waals surface area contributed by atoms with Gasteiger partial charge in [0.15, 0.2) is 16.6 Å². The molecular weight excluding hydrogens is 395 g/mol. The number of halogens is 1. The summed E-state index contributed by atoms with van der Waals surface area (Å²) in [6, 6.07) is 5.37. The molecule has 0 unspecified atom stereocenters. The number of carbonyl (C=O) groups is 1. The maximum absolute atomic E-state index is 14.2. The first-order chi connectivity index (χ1) is 12.6. The standard InChI is InChI=1S/C16H9FN4O2S3/c17-12-10(2-4-18-13(12)15(22)23)25-11-7-20-16(26-11)21-14-8-3-6-24-9(8)1-5-19-14/h1-7H,(H,22,23)(H,19,20,21). The number of thiophene rings is 1. The van der Waals surface area contributed by atoms with Gasteiger partial charge in [0, 0.05) is 22.5 Å². The number of nitrogens with one attached hydrogen (secondary N) is 1. The molecule has 130 valence electrons. The number of fused-ring (bicyclic) bond motifs is 1. The smallest absolute Gasteiger partial charge is 0.357 e. The third kappa shape index (κ3) is 3.26. The zero-order chi connectivity index (χ0) is 18.1. The molecule has 0 aliphatic heterocycles. The molecule has 2 N–H and O–H groups in total. The average Bonchev–Trinajstić information content (AvgIpc) is 3.26. The van der Waals surface area contributed by atoms with Gasteiger partial charge < -0.3 is 10.4 Å². The van der Waals surface area contributed by atoms with Crippen LogP contribution < -0.4 is 5.32 Å². The Morgan fingerprint density at radius 1 is 1.19 bits per heavy atom. The van der Waals surface area contributed by atoms with Crippen molar-refractivity contribution in [3.8, 4) is 0 Å². The SMILES string of the molecule is O=C(O)c1nccc(Sc2cnc(Nc3nccc4sccc34)s2)c1F. The van der Waals surface area contributed by atoms with Crippen LogP contribution in [-0.2, 0) is 0 Å². The lowest BCUT2D eigenvalue weighted by Crippen LogP contribution is -2.04. The summed E-state index contributed by atoms with van der Waals surface area (Å²) >= 11 is 4.06. The molecule has 0 aliphatic carbocycles. The van der Waals surface area contributed by atoms with E-state index in [1.165, 1.54) is 23.6 Å². The Morgan fingerprint density at radius 3 is 2.88 bits per heavy atom. The van der Waals surface area contributed by atoms with Gasteiger partial charge >= 0.3 is 5.97 Å². The topological polar surface area (TPSA) is 88.0 Å². The number of rotatable bonds is 5. The fourth-order valence-corrected chi connectivity index (χ4v) is 4.86. The predicted octanol–water partition coefficient (Wildman–Crippen LogP) is 4.88. The van der Waals surface area contributed by atoms with Crippen LogP contribution in [0.4, 0.5) is 15.3 Å². The maximum Gasteiger partial charge on any atom is 0.357 e. The Labute approximate surface area is 158 Å². The number of aromatic carboxylic acids is 1. The number of pyridine rings is 2. The second-order valence-corrected chi connectivity index (χ2v) is 8.30. The maximum atomic E-state index is 14.2. The predicted molar refractivity (Wildman–Crippen MR) is 100 cm³/mol. The number of carboxylic acid groups (broad SMARTS) is 1. The van der Waals surface area contributed by atoms with E-state index in [4.69, 9.17) is 5.11 Å². The minimum atomic E-state index is -1.40. The molecule has 0 spiro atoms. The highest BCUT2D eigenvalue weighted by molar-refractivity contribution is 8.01. The van der Waals surface area contributed by atoms with Crippen molar-refractivity contribution >= 4 is 61.4 Å². The molecule has 4 aromatic rings. The van der Waals surface area contributed by atoms with Gasteiger partial charge in [-0.2, -0.15) is 0 Å². The van der Waals surface area contributed by atoms with Crippen LogP contribution in [0.15, 0.2) is 51.3 Å². The van der Waals surface area contributed by atoms with Gasteiger partial charge in [-0.3, -0.25) is 0 Å². The van der Waals surface area contributed by atoms with Crippen LogP contribution in [0.3, 0.4) is 0 Å². The van der Waals surface area contributed by atoms with E-state index in [0.717, 1.165) is 21.8 Å². The Morgan fingerprint density at radius 2 is 2.04 bits per heavy atom. The van der Waals surface area contributed by atoms with E-state index in [2.05, 4.69) is 20.3 Å². The highest BCUT2D eigenvalue weighted by atomic mass is 32.2. The van der Waals surface area contributed by atoms with Gasteiger partial charge in [0.25, 0.3) is 0 Å². The Bertz CT molecular complexity index is 1110. The monoisotopic (exact) mass is 404 g/mol. The number of nitrogens with zero attached hydrogens (tertiary/aromatic N) is 3. The van der Waals surface area contributed by atoms with Crippen molar-refractivity contribution in [3.05, 3.63) is 53.7 Å². The summed E-state index contributed by atoms with van der Waals surface area (Å²) in [5.74, 6) is -1.54. The molecule has 0 fully saturated rings. The molecule has 6 nitrogen and oxygen atoms in total. The van der Waals surface area contributed by atoms with Crippen LogP contribution in [0, 0.1) is 5.82 Å². The highest BCUT2D eigenvalue weighted by Gasteiger charge is 2.17. The Balaban J connectivity index is 1.57. The molecule has 4 aromatic heterocycles. The molecule has 10 heteroatoms. The van der Waals surface area contributed by atoms with Crippen LogP contribution in [-0.4, -0.2) is 26.0 Å². The van der Waals surface area contributed by atoms with Gasteiger partial charge in [-0.15, -0.1) is 11.3 Å². The van der Waals surface area contributed by atoms with Crippen molar-refractivity contribution in [2.24, 2.45) is 0 Å². The van der Waals surface area contributed by atoms with Crippen LogP contribution in [0.25, 0.3) is 10.1 Å². The molecule has 0 aromatic carbocycles. The molecule has 0 bridgehead atoms. The lowest BCUT2D eigenvalue weighted by molar-refractivity contribution is 0.0684. The van der Waals surface area contributed by atoms with Gasteiger partial charge in [0.2, 0.25) is 0 Å². The molecule has 4 heterocycles. The molecular formula is C16H9FN4O2S3. The zero-order valence-corrected chi connectivity index (χ0v) is 15.3. The first-order valence-electron chi connectivity index (χ1n) is 7.22. The fraction of sp³-hybridized carbons (Fsp3) is 0. The van der Waals surface area contributed by atoms with Crippen molar-refractivity contribution < 1.29 is 14.3 Å². The summed E-state index contributed by atoms with van der Waals surface area (Å²) in [7, 11) is 0. The van der Waals surface area contributed by atoms with E-state index in [1.54, 1.807) is 23.7 Å². The van der Waals surface area contributed by atoms with E-state index in [-0.39, 0.29) is 4.90 Å². The molecule has 0 saturated carbocycles. The van der Waals surface area contributed by atoms with Crippen LogP contribution in [0.2, 0.25) is 0 Å². The van der Waals surface area contributed by atoms with E-state index < -0.39 is 17.5 Å². The quantitative estimate of drug-likeness (QED) is 0.490. The Kier molecular flexibility index (Phi) is 4.53. The molecule has 0 amide bonds. The lowest BCUT2D eigenvalue weighted by Gasteiger charge is -2.03. The Hall–Kier alpha value is -2.56. The minimum absolute atomic E-state index is 0.186. The minimum Gasteiger partial charge on any atom is -0.476 e. The van der Waals surface area contributed by atoms with Crippen molar-refractivity contribution in [2.45, 2.75) is 9.10 Å². The van der Waals surface area contributed by atoms with E-state index >= 15 is 0 Å². The van der Waals surface area contributed by atoms with Crippen LogP contribution in [0.1, 0.15) is 10.5 Å². The summed E-state index contributed by atoms with van der Waals surface area (Å²) in [6.07, 6.45) is 4.60. The highest BCUT2D eigenvalue weighted by Crippen LogP contribution is 2.37. The molecule has 0 aliphatic rings. The largest absolute Gasteiger partial charge is 0.476 e. The summed E-state index contributed by atoms with van der Waals surface area (Å²) in [6.45, 7) is 0. The van der Waals surface area contributed by atoms with E-state index in [0.29, 0.717) is 15.2 Å². The van der Waals surface area contributed by atoms with E-state index in [9.17, 15) is 9.18 Å². The van der Waals surface area contributed by atoms with Crippen molar-refractivity contribution in [1.29, 1.82) is 0 Å². The molecule has 0 atom stereocenters. The normalized spacial score (nSPS) is 11.0. The van der Waals surface area contributed by atoms with Gasteiger partial charge in [0.1, 0.15) is 5.82 Å². The fourth-order valence-electron chi connectivity index (χ4n) is 2.22. The molecule has 26 heavy (non-hydrogen) atoms. The molecule has 0 radical (unpaired) electrons. The number of anilines is 2. The summed E-state index contributed by atoms with van der Waals surface area (Å²) in [5.41, 5.74) is -0.591.